The molecule has 0 radical (unpaired) electrons. The van der Waals surface area contributed by atoms with Crippen LogP contribution in [0.15, 0.2) is 60.0 Å². The van der Waals surface area contributed by atoms with Crippen molar-refractivity contribution < 1.29 is 33.0 Å². The quantitative estimate of drug-likeness (QED) is 0.210. The third kappa shape index (κ3) is 6.31. The minimum atomic E-state index is -1.39. The SMILES string of the molecule is CCOC(=O)c1csc(C(C(=O)c2ccc(F)cc2)C(=O)C2CCCCN2C(=O)OCc2ccccc2)n1. The number of amides is 1. The first-order valence-corrected chi connectivity index (χ1v) is 13.2. The van der Waals surface area contributed by atoms with Gasteiger partial charge >= 0.3 is 12.1 Å². The summed E-state index contributed by atoms with van der Waals surface area (Å²) >= 11 is 0.985. The number of ether oxygens (including phenoxy) is 2. The summed E-state index contributed by atoms with van der Waals surface area (Å²) in [7, 11) is 0. The van der Waals surface area contributed by atoms with Crippen LogP contribution in [0, 0.1) is 5.82 Å². The normalized spacial score (nSPS) is 15.9. The molecule has 2 atom stereocenters. The largest absolute Gasteiger partial charge is 0.461 e. The van der Waals surface area contributed by atoms with E-state index in [-0.39, 0.29) is 29.5 Å². The molecule has 0 N–H and O–H groups in total. The maximum atomic E-state index is 14.0. The van der Waals surface area contributed by atoms with Crippen LogP contribution in [0.5, 0.6) is 0 Å². The summed E-state index contributed by atoms with van der Waals surface area (Å²) in [6.45, 7) is 2.15. The van der Waals surface area contributed by atoms with E-state index in [1.54, 1.807) is 6.92 Å². The highest BCUT2D eigenvalue weighted by Gasteiger charge is 2.42. The second-order valence-electron chi connectivity index (χ2n) is 8.74. The summed E-state index contributed by atoms with van der Waals surface area (Å²) in [4.78, 5) is 58.4. The van der Waals surface area contributed by atoms with Gasteiger partial charge in [-0.05, 0) is 56.0 Å². The number of carbonyl (C=O) groups is 4. The fourth-order valence-electron chi connectivity index (χ4n) is 4.30. The first-order valence-electron chi connectivity index (χ1n) is 12.3. The molecule has 1 aliphatic heterocycles. The smallest absolute Gasteiger partial charge is 0.410 e. The molecule has 1 aromatic heterocycles. The van der Waals surface area contributed by atoms with Gasteiger partial charge in [-0.2, -0.15) is 0 Å². The zero-order valence-corrected chi connectivity index (χ0v) is 21.6. The van der Waals surface area contributed by atoms with E-state index >= 15 is 0 Å². The predicted octanol–water partition coefficient (Wildman–Crippen LogP) is 5.19. The van der Waals surface area contributed by atoms with Gasteiger partial charge in [0, 0.05) is 17.5 Å². The van der Waals surface area contributed by atoms with Crippen molar-refractivity contribution in [2.75, 3.05) is 13.2 Å². The van der Waals surface area contributed by atoms with E-state index in [1.165, 1.54) is 22.4 Å². The van der Waals surface area contributed by atoms with Crippen molar-refractivity contribution in [2.24, 2.45) is 0 Å². The van der Waals surface area contributed by atoms with Crippen molar-refractivity contribution in [1.82, 2.24) is 9.88 Å². The third-order valence-corrected chi connectivity index (χ3v) is 7.11. The number of carbonyl (C=O) groups excluding carboxylic acids is 4. The molecule has 8 nitrogen and oxygen atoms in total. The number of halogens is 1. The van der Waals surface area contributed by atoms with Crippen molar-refractivity contribution in [3.63, 3.8) is 0 Å². The van der Waals surface area contributed by atoms with Gasteiger partial charge in [-0.25, -0.2) is 19.0 Å². The van der Waals surface area contributed by atoms with Crippen LogP contribution in [0.1, 0.15) is 63.5 Å². The number of aromatic nitrogens is 1. The van der Waals surface area contributed by atoms with Crippen LogP contribution in [-0.2, 0) is 20.9 Å². The Labute approximate surface area is 223 Å². The molecule has 2 aromatic carbocycles. The van der Waals surface area contributed by atoms with Gasteiger partial charge in [0.05, 0.1) is 12.6 Å². The molecule has 1 aliphatic rings. The molecule has 1 amide bonds. The lowest BCUT2D eigenvalue weighted by Gasteiger charge is -2.35. The first kappa shape index (κ1) is 27.1. The molecule has 0 saturated carbocycles. The van der Waals surface area contributed by atoms with E-state index in [0.29, 0.717) is 25.8 Å². The van der Waals surface area contributed by atoms with Crippen molar-refractivity contribution >= 4 is 35.0 Å². The Bertz CT molecular complexity index is 1290. The summed E-state index contributed by atoms with van der Waals surface area (Å²) in [6, 6.07) is 13.1. The molecular weight excluding hydrogens is 511 g/mol. The number of ketones is 2. The van der Waals surface area contributed by atoms with Crippen LogP contribution in [0.4, 0.5) is 9.18 Å². The van der Waals surface area contributed by atoms with E-state index < -0.39 is 41.4 Å². The number of benzene rings is 2. The van der Waals surface area contributed by atoms with Gasteiger partial charge < -0.3 is 9.47 Å². The third-order valence-electron chi connectivity index (χ3n) is 6.20. The summed E-state index contributed by atoms with van der Waals surface area (Å²) < 4.78 is 24.0. The standard InChI is InChI=1S/C28H27FN2O6S/c1-2-36-27(34)21-17-38-26(30-21)23(24(32)19-11-13-20(29)14-12-19)25(33)22-10-6-7-15-31(22)28(35)37-16-18-8-4-3-5-9-18/h3-5,8-9,11-14,17,22-23H,2,6-7,10,15-16H2,1H3. The lowest BCUT2D eigenvalue weighted by Crippen LogP contribution is -2.50. The molecule has 0 bridgehead atoms. The van der Waals surface area contributed by atoms with Crippen LogP contribution in [0.25, 0.3) is 0 Å². The van der Waals surface area contributed by atoms with E-state index in [9.17, 15) is 23.6 Å². The van der Waals surface area contributed by atoms with Gasteiger partial charge in [0.2, 0.25) is 0 Å². The number of rotatable bonds is 9. The number of hydrogen-bond donors (Lipinski definition) is 0. The number of piperidine rings is 1. The van der Waals surface area contributed by atoms with Gasteiger partial charge in [0.15, 0.2) is 17.3 Å². The molecule has 0 spiro atoms. The lowest BCUT2D eigenvalue weighted by molar-refractivity contribution is -0.125. The zero-order valence-electron chi connectivity index (χ0n) is 20.8. The molecule has 3 aromatic rings. The second-order valence-corrected chi connectivity index (χ2v) is 9.63. The number of hydrogen-bond acceptors (Lipinski definition) is 8. The van der Waals surface area contributed by atoms with Gasteiger partial charge in [0.25, 0.3) is 0 Å². The van der Waals surface area contributed by atoms with Crippen molar-refractivity contribution in [1.29, 1.82) is 0 Å². The van der Waals surface area contributed by atoms with Gasteiger partial charge in [-0.1, -0.05) is 30.3 Å². The topological polar surface area (TPSA) is 103 Å². The Hall–Kier alpha value is -3.92. The highest BCUT2D eigenvalue weighted by Crippen LogP contribution is 2.31. The number of nitrogens with zero attached hydrogens (tertiary/aromatic N) is 2. The Morgan fingerprint density at radius 1 is 1.05 bits per heavy atom. The Morgan fingerprint density at radius 2 is 1.79 bits per heavy atom. The molecule has 2 heterocycles. The Morgan fingerprint density at radius 3 is 2.50 bits per heavy atom. The van der Waals surface area contributed by atoms with Crippen molar-refractivity contribution in [3.05, 3.63) is 87.6 Å². The van der Waals surface area contributed by atoms with E-state index in [4.69, 9.17) is 9.47 Å². The van der Waals surface area contributed by atoms with Gasteiger partial charge in [-0.3, -0.25) is 14.5 Å². The zero-order chi connectivity index (χ0) is 27.1. The predicted molar refractivity (Wildman–Crippen MR) is 138 cm³/mol. The Balaban J connectivity index is 1.62. The van der Waals surface area contributed by atoms with Crippen LogP contribution < -0.4 is 0 Å². The van der Waals surface area contributed by atoms with Gasteiger partial charge in [-0.15, -0.1) is 11.3 Å². The number of likely N-dealkylation sites (tertiary alicyclic amines) is 1. The first-order chi connectivity index (χ1) is 18.4. The fraction of sp³-hybridized carbons (Fsp3) is 0.321. The summed E-state index contributed by atoms with van der Waals surface area (Å²) in [5, 5.41) is 1.54. The van der Waals surface area contributed by atoms with Crippen LogP contribution in [-0.4, -0.2) is 52.7 Å². The van der Waals surface area contributed by atoms with Crippen LogP contribution in [0.3, 0.4) is 0 Å². The maximum absolute atomic E-state index is 14.0. The van der Waals surface area contributed by atoms with Gasteiger partial charge in [0.1, 0.15) is 23.3 Å². The molecule has 4 rings (SSSR count). The molecule has 2 unspecified atom stereocenters. The average molecular weight is 539 g/mol. The average Bonchev–Trinajstić information content (AvgIpc) is 3.43. The molecule has 1 saturated heterocycles. The van der Waals surface area contributed by atoms with Crippen LogP contribution >= 0.6 is 11.3 Å². The molecule has 198 valence electrons. The van der Waals surface area contributed by atoms with Crippen LogP contribution in [0.2, 0.25) is 0 Å². The molecular formula is C28H27FN2O6S. The second kappa shape index (κ2) is 12.6. The lowest BCUT2D eigenvalue weighted by atomic mass is 9.86. The highest BCUT2D eigenvalue weighted by atomic mass is 32.1. The molecule has 1 fully saturated rings. The maximum Gasteiger partial charge on any atom is 0.410 e. The summed E-state index contributed by atoms with van der Waals surface area (Å²) in [5.74, 6) is -3.70. The van der Waals surface area contributed by atoms with E-state index in [0.717, 1.165) is 29.0 Å². The molecule has 0 aliphatic carbocycles. The Kier molecular flexibility index (Phi) is 8.96. The number of thiazole rings is 1. The minimum Gasteiger partial charge on any atom is -0.461 e. The fourth-order valence-corrected chi connectivity index (χ4v) is 5.19. The number of esters is 1. The monoisotopic (exact) mass is 538 g/mol. The van der Waals surface area contributed by atoms with Crippen molar-refractivity contribution in [3.8, 4) is 0 Å². The summed E-state index contributed by atoms with van der Waals surface area (Å²) in [6.07, 6.45) is 1.07. The minimum absolute atomic E-state index is 0.0145. The summed E-state index contributed by atoms with van der Waals surface area (Å²) in [5.41, 5.74) is 0.908. The van der Waals surface area contributed by atoms with E-state index in [1.807, 2.05) is 30.3 Å². The molecule has 38 heavy (non-hydrogen) atoms. The van der Waals surface area contributed by atoms with E-state index in [2.05, 4.69) is 4.98 Å². The van der Waals surface area contributed by atoms with Crippen molar-refractivity contribution in [2.45, 2.75) is 44.8 Å². The highest BCUT2D eigenvalue weighted by molar-refractivity contribution is 7.10. The number of Topliss-reactive ketones (excluding diaryl/α,β-unsaturated/α-hetero) is 2. The molecule has 10 heteroatoms.